The van der Waals surface area contributed by atoms with Crippen molar-refractivity contribution >= 4 is 5.91 Å². The van der Waals surface area contributed by atoms with Crippen molar-refractivity contribution in [2.75, 3.05) is 0 Å². The number of hydrogen-bond acceptors (Lipinski definition) is 4. The SMILES string of the molecule is CCc1noc(C)c1C(=O)NC1c2ccccc2CC1O. The summed E-state index contributed by atoms with van der Waals surface area (Å²) in [6, 6.07) is 7.39. The average Bonchev–Trinajstić information content (AvgIpc) is 3.00. The lowest BCUT2D eigenvalue weighted by Crippen LogP contribution is -2.34. The zero-order valence-corrected chi connectivity index (χ0v) is 12.1. The zero-order valence-electron chi connectivity index (χ0n) is 12.1. The average molecular weight is 286 g/mol. The van der Waals surface area contributed by atoms with Crippen molar-refractivity contribution in [3.63, 3.8) is 0 Å². The van der Waals surface area contributed by atoms with Crippen LogP contribution in [0, 0.1) is 6.92 Å². The first-order valence-corrected chi connectivity index (χ1v) is 7.13. The molecule has 2 atom stereocenters. The standard InChI is InChI=1S/C16H18N2O3/c1-3-12-14(9(2)21-18-12)16(20)17-15-11-7-5-4-6-10(11)8-13(15)19/h4-7,13,15,19H,3,8H2,1-2H3,(H,17,20). The quantitative estimate of drug-likeness (QED) is 0.904. The monoisotopic (exact) mass is 286 g/mol. The number of benzene rings is 1. The summed E-state index contributed by atoms with van der Waals surface area (Å²) in [5.74, 6) is 0.261. The van der Waals surface area contributed by atoms with Gasteiger partial charge in [-0.25, -0.2) is 0 Å². The Morgan fingerprint density at radius 1 is 1.48 bits per heavy atom. The van der Waals surface area contributed by atoms with Crippen molar-refractivity contribution in [2.45, 2.75) is 38.8 Å². The van der Waals surface area contributed by atoms with Crippen LogP contribution in [0.5, 0.6) is 0 Å². The van der Waals surface area contributed by atoms with Crippen molar-refractivity contribution in [2.24, 2.45) is 0 Å². The van der Waals surface area contributed by atoms with Crippen LogP contribution in [0.15, 0.2) is 28.8 Å². The van der Waals surface area contributed by atoms with Crippen LogP contribution in [0.1, 0.15) is 45.9 Å². The van der Waals surface area contributed by atoms with E-state index in [4.69, 9.17) is 4.52 Å². The van der Waals surface area contributed by atoms with Crippen molar-refractivity contribution in [3.8, 4) is 0 Å². The van der Waals surface area contributed by atoms with Gasteiger partial charge >= 0.3 is 0 Å². The fourth-order valence-corrected chi connectivity index (χ4v) is 2.91. The molecule has 1 aromatic carbocycles. The number of aryl methyl sites for hydroxylation is 2. The Morgan fingerprint density at radius 3 is 3.00 bits per heavy atom. The molecule has 110 valence electrons. The van der Waals surface area contributed by atoms with E-state index < -0.39 is 6.10 Å². The summed E-state index contributed by atoms with van der Waals surface area (Å²) >= 11 is 0. The summed E-state index contributed by atoms with van der Waals surface area (Å²) in [7, 11) is 0. The largest absolute Gasteiger partial charge is 0.390 e. The predicted molar refractivity (Wildman–Crippen MR) is 77.0 cm³/mol. The van der Waals surface area contributed by atoms with Crippen molar-refractivity contribution in [1.29, 1.82) is 0 Å². The van der Waals surface area contributed by atoms with E-state index in [-0.39, 0.29) is 11.9 Å². The van der Waals surface area contributed by atoms with Gasteiger partial charge in [-0.3, -0.25) is 4.79 Å². The third-order valence-electron chi connectivity index (χ3n) is 3.99. The molecule has 5 heteroatoms. The van der Waals surface area contributed by atoms with Gasteiger partial charge in [-0.05, 0) is 24.5 Å². The number of fused-ring (bicyclic) bond motifs is 1. The highest BCUT2D eigenvalue weighted by atomic mass is 16.5. The Kier molecular flexibility index (Phi) is 3.51. The van der Waals surface area contributed by atoms with E-state index in [2.05, 4.69) is 10.5 Å². The number of nitrogens with zero attached hydrogens (tertiary/aromatic N) is 1. The number of hydrogen-bond donors (Lipinski definition) is 2. The van der Waals surface area contributed by atoms with E-state index in [0.717, 1.165) is 11.1 Å². The first kappa shape index (κ1) is 13.8. The predicted octanol–water partition coefficient (Wildman–Crippen LogP) is 1.93. The molecule has 1 amide bonds. The molecular formula is C16H18N2O3. The molecule has 1 aromatic heterocycles. The van der Waals surface area contributed by atoms with Gasteiger partial charge in [0.1, 0.15) is 11.3 Å². The van der Waals surface area contributed by atoms with Crippen LogP contribution in [0.3, 0.4) is 0 Å². The molecule has 1 aliphatic rings. The lowest BCUT2D eigenvalue weighted by Gasteiger charge is -2.18. The summed E-state index contributed by atoms with van der Waals surface area (Å²) in [6.45, 7) is 3.65. The number of carbonyl (C=O) groups excluding carboxylic acids is 1. The molecule has 1 heterocycles. The van der Waals surface area contributed by atoms with Gasteiger partial charge in [0, 0.05) is 6.42 Å². The maximum absolute atomic E-state index is 12.5. The molecule has 0 saturated carbocycles. The highest BCUT2D eigenvalue weighted by Gasteiger charge is 2.33. The number of aromatic nitrogens is 1. The Hall–Kier alpha value is -2.14. The number of aliphatic hydroxyl groups excluding tert-OH is 1. The number of amides is 1. The second-order valence-electron chi connectivity index (χ2n) is 5.34. The fraction of sp³-hybridized carbons (Fsp3) is 0.375. The van der Waals surface area contributed by atoms with E-state index >= 15 is 0 Å². The van der Waals surface area contributed by atoms with Crippen molar-refractivity contribution in [3.05, 3.63) is 52.4 Å². The lowest BCUT2D eigenvalue weighted by molar-refractivity contribution is 0.0856. The summed E-state index contributed by atoms with van der Waals surface area (Å²) < 4.78 is 5.10. The van der Waals surface area contributed by atoms with Gasteiger partial charge < -0.3 is 14.9 Å². The first-order chi connectivity index (χ1) is 10.1. The van der Waals surface area contributed by atoms with E-state index in [1.165, 1.54) is 0 Å². The van der Waals surface area contributed by atoms with E-state index in [1.54, 1.807) is 6.92 Å². The molecule has 0 fully saturated rings. The molecule has 0 saturated heterocycles. The van der Waals surface area contributed by atoms with Gasteiger partial charge in [0.2, 0.25) is 0 Å². The van der Waals surface area contributed by atoms with Crippen LogP contribution in [0.4, 0.5) is 0 Å². The second kappa shape index (κ2) is 5.33. The van der Waals surface area contributed by atoms with Crippen molar-refractivity contribution < 1.29 is 14.4 Å². The topological polar surface area (TPSA) is 75.4 Å². The van der Waals surface area contributed by atoms with Gasteiger partial charge in [0.25, 0.3) is 5.91 Å². The molecule has 0 spiro atoms. The molecule has 2 N–H and O–H groups in total. The van der Waals surface area contributed by atoms with Crippen LogP contribution in [-0.2, 0) is 12.8 Å². The molecule has 0 bridgehead atoms. The Labute approximate surface area is 123 Å². The Balaban J connectivity index is 1.87. The smallest absolute Gasteiger partial charge is 0.257 e. The van der Waals surface area contributed by atoms with Gasteiger partial charge in [-0.15, -0.1) is 0 Å². The third-order valence-corrected chi connectivity index (χ3v) is 3.99. The van der Waals surface area contributed by atoms with Crippen LogP contribution in [0.25, 0.3) is 0 Å². The molecule has 3 rings (SSSR count). The Bertz CT molecular complexity index is 678. The van der Waals surface area contributed by atoms with Crippen LogP contribution in [0.2, 0.25) is 0 Å². The lowest BCUT2D eigenvalue weighted by atomic mass is 10.1. The molecule has 2 aromatic rings. The molecule has 21 heavy (non-hydrogen) atoms. The second-order valence-corrected chi connectivity index (χ2v) is 5.34. The maximum atomic E-state index is 12.5. The van der Waals surface area contributed by atoms with Gasteiger partial charge in [-0.1, -0.05) is 36.3 Å². The summed E-state index contributed by atoms with van der Waals surface area (Å²) in [6.07, 6.45) is 0.588. The van der Waals surface area contributed by atoms with E-state index in [1.807, 2.05) is 31.2 Å². The molecular weight excluding hydrogens is 268 g/mol. The molecule has 1 aliphatic carbocycles. The number of nitrogens with one attached hydrogen (secondary N) is 1. The summed E-state index contributed by atoms with van der Waals surface area (Å²) in [5.41, 5.74) is 3.18. The minimum absolute atomic E-state index is 0.244. The molecule has 2 unspecified atom stereocenters. The maximum Gasteiger partial charge on any atom is 0.257 e. The minimum Gasteiger partial charge on any atom is -0.390 e. The minimum atomic E-state index is -0.600. The highest BCUT2D eigenvalue weighted by Crippen LogP contribution is 2.31. The number of rotatable bonds is 3. The van der Waals surface area contributed by atoms with Gasteiger partial charge in [0.15, 0.2) is 0 Å². The normalized spacial score (nSPS) is 20.3. The van der Waals surface area contributed by atoms with Crippen LogP contribution >= 0.6 is 0 Å². The Morgan fingerprint density at radius 2 is 2.24 bits per heavy atom. The third kappa shape index (κ3) is 2.34. The van der Waals surface area contributed by atoms with Gasteiger partial charge in [0.05, 0.1) is 17.8 Å². The number of carbonyl (C=O) groups is 1. The number of aliphatic hydroxyl groups is 1. The van der Waals surface area contributed by atoms with Crippen molar-refractivity contribution in [1.82, 2.24) is 10.5 Å². The zero-order chi connectivity index (χ0) is 15.0. The van der Waals surface area contributed by atoms with Crippen LogP contribution in [-0.4, -0.2) is 22.3 Å². The summed E-state index contributed by atoms with van der Waals surface area (Å²) in [4.78, 5) is 12.5. The van der Waals surface area contributed by atoms with E-state index in [9.17, 15) is 9.90 Å². The highest BCUT2D eigenvalue weighted by molar-refractivity contribution is 5.96. The summed E-state index contributed by atoms with van der Waals surface area (Å²) in [5, 5.41) is 17.0. The molecule has 0 radical (unpaired) electrons. The van der Waals surface area contributed by atoms with Crippen LogP contribution < -0.4 is 5.32 Å². The van der Waals surface area contributed by atoms with E-state index in [0.29, 0.717) is 29.9 Å². The first-order valence-electron chi connectivity index (χ1n) is 7.13. The molecule has 5 nitrogen and oxygen atoms in total. The van der Waals surface area contributed by atoms with Gasteiger partial charge in [-0.2, -0.15) is 0 Å². The fourth-order valence-electron chi connectivity index (χ4n) is 2.91. The molecule has 0 aliphatic heterocycles.